The molecule has 168 valence electrons. The van der Waals surface area contributed by atoms with Crippen molar-refractivity contribution in [3.63, 3.8) is 0 Å². The van der Waals surface area contributed by atoms with Crippen LogP contribution in [0.2, 0.25) is 0 Å². The van der Waals surface area contributed by atoms with E-state index in [9.17, 15) is 24.3 Å². The molecule has 3 rings (SSSR count). The van der Waals surface area contributed by atoms with Crippen molar-refractivity contribution in [1.82, 2.24) is 5.32 Å². The van der Waals surface area contributed by atoms with E-state index in [0.29, 0.717) is 18.4 Å². The first-order valence-electron chi connectivity index (χ1n) is 10.6. The van der Waals surface area contributed by atoms with Crippen LogP contribution in [-0.2, 0) is 16.0 Å². The molecule has 1 aliphatic heterocycles. The van der Waals surface area contributed by atoms with Crippen LogP contribution in [0.15, 0.2) is 60.7 Å². The summed E-state index contributed by atoms with van der Waals surface area (Å²) in [4.78, 5) is 50.1. The van der Waals surface area contributed by atoms with E-state index in [1.807, 2.05) is 30.3 Å². The SMILES string of the molecule is C[C@@H]1CCC[N+]1(C(=O)O)C(=O)OCC(=O)[C@H](Cc1ccccc1)NC(=O)c1ccccc1. The van der Waals surface area contributed by atoms with Gasteiger partial charge in [-0.2, -0.15) is 9.59 Å². The number of carbonyl (C=O) groups excluding carboxylic acids is 3. The number of carboxylic acid groups (broad SMARTS) is 1. The van der Waals surface area contributed by atoms with E-state index in [4.69, 9.17) is 4.74 Å². The molecule has 2 aromatic carbocycles. The number of ketones is 1. The number of hydrogen-bond acceptors (Lipinski definition) is 5. The molecule has 1 aliphatic rings. The molecule has 2 N–H and O–H groups in total. The second-order valence-corrected chi connectivity index (χ2v) is 7.97. The molecule has 2 aromatic rings. The minimum absolute atomic E-state index is 0.127. The minimum Gasteiger partial charge on any atom is -0.435 e. The van der Waals surface area contributed by atoms with Crippen molar-refractivity contribution in [2.75, 3.05) is 13.2 Å². The van der Waals surface area contributed by atoms with Crippen LogP contribution in [0.3, 0.4) is 0 Å². The van der Waals surface area contributed by atoms with Gasteiger partial charge in [0.1, 0.15) is 12.6 Å². The molecular weight excluding hydrogens is 412 g/mol. The molecule has 1 saturated heterocycles. The van der Waals surface area contributed by atoms with Crippen LogP contribution in [0.5, 0.6) is 0 Å². The largest absolute Gasteiger partial charge is 0.527 e. The molecule has 1 fully saturated rings. The first-order chi connectivity index (χ1) is 15.3. The van der Waals surface area contributed by atoms with Gasteiger partial charge in [0.2, 0.25) is 0 Å². The van der Waals surface area contributed by atoms with Crippen LogP contribution in [0, 0.1) is 0 Å². The van der Waals surface area contributed by atoms with E-state index in [1.54, 1.807) is 37.3 Å². The van der Waals surface area contributed by atoms with Gasteiger partial charge in [-0.1, -0.05) is 48.5 Å². The summed E-state index contributed by atoms with van der Waals surface area (Å²) < 4.78 is 4.34. The molecule has 1 unspecified atom stereocenters. The Morgan fingerprint density at radius 2 is 1.69 bits per heavy atom. The molecule has 8 heteroatoms. The third-order valence-electron chi connectivity index (χ3n) is 5.90. The fraction of sp³-hybridized carbons (Fsp3) is 0.333. The zero-order valence-electron chi connectivity index (χ0n) is 17.9. The molecule has 1 heterocycles. The molecule has 0 saturated carbocycles. The van der Waals surface area contributed by atoms with Crippen LogP contribution in [0.1, 0.15) is 35.7 Å². The van der Waals surface area contributed by atoms with E-state index in [0.717, 1.165) is 5.56 Å². The third-order valence-corrected chi connectivity index (χ3v) is 5.90. The van der Waals surface area contributed by atoms with E-state index in [-0.39, 0.29) is 13.0 Å². The first kappa shape index (κ1) is 23.1. The first-order valence-corrected chi connectivity index (χ1v) is 10.6. The molecule has 0 aliphatic carbocycles. The smallest absolute Gasteiger partial charge is 0.435 e. The number of carbonyl (C=O) groups is 4. The number of ether oxygens (including phenoxy) is 1. The lowest BCUT2D eigenvalue weighted by Gasteiger charge is -2.28. The summed E-state index contributed by atoms with van der Waals surface area (Å²) in [6.45, 7) is 1.19. The maximum atomic E-state index is 12.9. The van der Waals surface area contributed by atoms with Gasteiger partial charge in [-0.3, -0.25) is 9.59 Å². The molecule has 0 radical (unpaired) electrons. The summed E-state index contributed by atoms with van der Waals surface area (Å²) >= 11 is 0. The highest BCUT2D eigenvalue weighted by Crippen LogP contribution is 2.28. The van der Waals surface area contributed by atoms with Crippen molar-refractivity contribution in [2.24, 2.45) is 0 Å². The number of rotatable bonds is 7. The van der Waals surface area contributed by atoms with Gasteiger partial charge in [-0.15, -0.1) is 4.48 Å². The number of likely N-dealkylation sites (tertiary alicyclic amines) is 1. The lowest BCUT2D eigenvalue weighted by Crippen LogP contribution is -2.59. The molecule has 3 atom stereocenters. The molecule has 0 bridgehead atoms. The monoisotopic (exact) mass is 439 g/mol. The van der Waals surface area contributed by atoms with Gasteiger partial charge >= 0.3 is 12.2 Å². The summed E-state index contributed by atoms with van der Waals surface area (Å²) in [7, 11) is 0. The standard InChI is InChI=1S/C24H26N2O6/c1-17-9-8-14-26(17,23(29)30)24(31)32-16-21(27)20(15-18-10-4-2-5-11-18)25-22(28)19-12-6-3-7-13-19/h2-7,10-13,17,20H,8-9,14-16H2,1H3,(H-,25,28,29,30)/p+1/t17-,20+,26?/m1/s1. The van der Waals surface area contributed by atoms with Gasteiger partial charge in [-0.25, -0.2) is 0 Å². The topological polar surface area (TPSA) is 110 Å². The lowest BCUT2D eigenvalue weighted by atomic mass is 10.0. The maximum absolute atomic E-state index is 12.9. The Labute approximate surface area is 186 Å². The number of hydrogen-bond donors (Lipinski definition) is 2. The number of benzene rings is 2. The highest BCUT2D eigenvalue weighted by Gasteiger charge is 2.55. The zero-order chi connectivity index (χ0) is 23.1. The number of amides is 3. The third kappa shape index (κ3) is 5.03. The fourth-order valence-corrected chi connectivity index (χ4v) is 3.99. The molecule has 0 spiro atoms. The van der Waals surface area contributed by atoms with Crippen LogP contribution in [0.25, 0.3) is 0 Å². The van der Waals surface area contributed by atoms with Crippen molar-refractivity contribution in [3.8, 4) is 0 Å². The quantitative estimate of drug-likeness (QED) is 0.640. The Bertz CT molecular complexity index is 978. The normalized spacial score (nSPS) is 20.8. The molecule has 8 nitrogen and oxygen atoms in total. The Morgan fingerprint density at radius 3 is 2.25 bits per heavy atom. The Kier molecular flexibility index (Phi) is 7.37. The van der Waals surface area contributed by atoms with Crippen molar-refractivity contribution in [3.05, 3.63) is 71.8 Å². The summed E-state index contributed by atoms with van der Waals surface area (Å²) in [6.07, 6.45) is -0.862. The average molecular weight is 439 g/mol. The van der Waals surface area contributed by atoms with Crippen LogP contribution >= 0.6 is 0 Å². The van der Waals surface area contributed by atoms with Crippen LogP contribution in [0.4, 0.5) is 9.59 Å². The second kappa shape index (κ2) is 10.2. The fourth-order valence-electron chi connectivity index (χ4n) is 3.99. The van der Waals surface area contributed by atoms with Crippen molar-refractivity contribution in [1.29, 1.82) is 0 Å². The predicted molar refractivity (Wildman–Crippen MR) is 116 cm³/mol. The summed E-state index contributed by atoms with van der Waals surface area (Å²) in [5.41, 5.74) is 1.23. The van der Waals surface area contributed by atoms with Crippen molar-refractivity contribution >= 4 is 23.9 Å². The summed E-state index contributed by atoms with van der Waals surface area (Å²) in [5.74, 6) is -0.935. The van der Waals surface area contributed by atoms with Crippen molar-refractivity contribution in [2.45, 2.75) is 38.3 Å². The Morgan fingerprint density at radius 1 is 1.06 bits per heavy atom. The molecule has 3 amide bonds. The van der Waals surface area contributed by atoms with Gasteiger partial charge in [0.15, 0.2) is 12.4 Å². The van der Waals surface area contributed by atoms with E-state index in [1.165, 1.54) is 0 Å². The van der Waals surface area contributed by atoms with E-state index in [2.05, 4.69) is 5.32 Å². The van der Waals surface area contributed by atoms with Gasteiger partial charge in [0, 0.05) is 18.4 Å². The summed E-state index contributed by atoms with van der Waals surface area (Å²) in [5, 5.41) is 12.4. The van der Waals surface area contributed by atoms with E-state index >= 15 is 0 Å². The maximum Gasteiger partial charge on any atom is 0.527 e. The predicted octanol–water partition coefficient (Wildman–Crippen LogP) is 3.41. The van der Waals surface area contributed by atoms with Gasteiger partial charge in [0.25, 0.3) is 5.91 Å². The highest BCUT2D eigenvalue weighted by atomic mass is 16.6. The molecular formula is C24H27N2O6+. The van der Waals surface area contributed by atoms with Gasteiger partial charge in [0.05, 0.1) is 6.04 Å². The number of quaternary nitrogens is 1. The average Bonchev–Trinajstić information content (AvgIpc) is 3.20. The lowest BCUT2D eigenvalue weighted by molar-refractivity contribution is -0.795. The van der Waals surface area contributed by atoms with Gasteiger partial charge < -0.3 is 15.2 Å². The van der Waals surface area contributed by atoms with Crippen LogP contribution in [-0.4, -0.2) is 58.7 Å². The number of nitrogens with zero attached hydrogens (tertiary/aromatic N) is 1. The number of nitrogens with one attached hydrogen (secondary N) is 1. The Balaban J connectivity index is 1.72. The van der Waals surface area contributed by atoms with Gasteiger partial charge in [-0.05, 0) is 31.0 Å². The number of Topliss-reactive ketones (excluding diaryl/α,β-unsaturated/α-hetero) is 1. The minimum atomic E-state index is -1.29. The Hall–Kier alpha value is -3.52. The van der Waals surface area contributed by atoms with E-state index < -0.39 is 47.1 Å². The van der Waals surface area contributed by atoms with Crippen molar-refractivity contribution < 1.29 is 33.5 Å². The molecule has 0 aromatic heterocycles. The number of imide groups is 1. The molecule has 32 heavy (non-hydrogen) atoms. The zero-order valence-corrected chi connectivity index (χ0v) is 17.9. The summed E-state index contributed by atoms with van der Waals surface area (Å²) in [6, 6.07) is 16.3. The van der Waals surface area contributed by atoms with Crippen LogP contribution < -0.4 is 5.32 Å². The second-order valence-electron chi connectivity index (χ2n) is 7.97. The highest BCUT2D eigenvalue weighted by molar-refractivity contribution is 5.98.